The zero-order valence-corrected chi connectivity index (χ0v) is 15.1. The molecule has 8 heteroatoms. The number of benzene rings is 2. The second-order valence-corrected chi connectivity index (χ2v) is 6.35. The number of hydrogen-bond acceptors (Lipinski definition) is 5. The molecule has 1 aromatic heterocycles. The van der Waals surface area contributed by atoms with Gasteiger partial charge in [-0.2, -0.15) is 0 Å². The van der Waals surface area contributed by atoms with Gasteiger partial charge in [-0.25, -0.2) is 9.48 Å². The summed E-state index contributed by atoms with van der Waals surface area (Å²) in [6.45, 7) is 4.19. The normalized spacial score (nSPS) is 12.8. The van der Waals surface area contributed by atoms with Crippen molar-refractivity contribution in [2.45, 2.75) is 19.9 Å². The van der Waals surface area contributed by atoms with Gasteiger partial charge in [0.2, 0.25) is 0 Å². The summed E-state index contributed by atoms with van der Waals surface area (Å²) < 4.78 is 13.0. The van der Waals surface area contributed by atoms with E-state index in [1.54, 1.807) is 6.07 Å². The van der Waals surface area contributed by atoms with E-state index in [2.05, 4.69) is 20.9 Å². The summed E-state index contributed by atoms with van der Waals surface area (Å²) in [4.78, 5) is 12.2. The maximum Gasteiger partial charge on any atom is 0.319 e. The van der Waals surface area contributed by atoms with Crippen molar-refractivity contribution in [3.8, 4) is 11.5 Å². The summed E-state index contributed by atoms with van der Waals surface area (Å²) >= 11 is 0. The van der Waals surface area contributed by atoms with Crippen molar-refractivity contribution in [1.82, 2.24) is 20.3 Å². The van der Waals surface area contributed by atoms with Gasteiger partial charge in [0, 0.05) is 24.8 Å². The average molecular weight is 367 g/mol. The lowest BCUT2D eigenvalue weighted by atomic mass is 10.1. The number of hydrogen-bond donors (Lipinski definition) is 2. The highest BCUT2D eigenvalue weighted by atomic mass is 16.6. The largest absolute Gasteiger partial charge is 0.486 e. The molecule has 0 saturated carbocycles. The van der Waals surface area contributed by atoms with E-state index in [9.17, 15) is 4.79 Å². The van der Waals surface area contributed by atoms with Crippen LogP contribution >= 0.6 is 0 Å². The number of ether oxygens (including phenoxy) is 2. The van der Waals surface area contributed by atoms with Gasteiger partial charge in [0.05, 0.1) is 5.52 Å². The Morgan fingerprint density at radius 3 is 2.81 bits per heavy atom. The lowest BCUT2D eigenvalue weighted by Crippen LogP contribution is -2.30. The van der Waals surface area contributed by atoms with Gasteiger partial charge in [0.25, 0.3) is 0 Å². The summed E-state index contributed by atoms with van der Waals surface area (Å²) in [6, 6.07) is 11.2. The van der Waals surface area contributed by atoms with Crippen LogP contribution in [-0.2, 0) is 6.54 Å². The van der Waals surface area contributed by atoms with E-state index in [1.165, 1.54) is 0 Å². The zero-order chi connectivity index (χ0) is 18.6. The molecule has 140 valence electrons. The van der Waals surface area contributed by atoms with Gasteiger partial charge in [-0.3, -0.25) is 0 Å². The van der Waals surface area contributed by atoms with Crippen LogP contribution in [0.3, 0.4) is 0 Å². The molecule has 2 amide bonds. The molecule has 0 unspecified atom stereocenters. The number of nitrogens with zero attached hydrogens (tertiary/aromatic N) is 3. The second kappa shape index (κ2) is 7.53. The van der Waals surface area contributed by atoms with Crippen molar-refractivity contribution < 1.29 is 14.3 Å². The summed E-state index contributed by atoms with van der Waals surface area (Å²) in [7, 11) is 0. The van der Waals surface area contributed by atoms with Crippen LogP contribution in [0.25, 0.3) is 11.0 Å². The quantitative estimate of drug-likeness (QED) is 0.677. The van der Waals surface area contributed by atoms with E-state index in [4.69, 9.17) is 9.47 Å². The van der Waals surface area contributed by atoms with Gasteiger partial charge >= 0.3 is 6.03 Å². The predicted molar refractivity (Wildman–Crippen MR) is 101 cm³/mol. The van der Waals surface area contributed by atoms with Crippen LogP contribution in [0.5, 0.6) is 11.5 Å². The Kier molecular flexibility index (Phi) is 4.78. The minimum Gasteiger partial charge on any atom is -0.486 e. The number of carbonyl (C=O) groups excluding carboxylic acids is 1. The Bertz CT molecular complexity index is 969. The van der Waals surface area contributed by atoms with E-state index < -0.39 is 0 Å². The maximum atomic E-state index is 12.2. The third kappa shape index (κ3) is 3.79. The fourth-order valence-electron chi connectivity index (χ4n) is 3.00. The van der Waals surface area contributed by atoms with Crippen LogP contribution in [0.2, 0.25) is 0 Å². The molecule has 0 spiro atoms. The number of para-hydroxylation sites is 1. The van der Waals surface area contributed by atoms with Crippen LogP contribution in [0, 0.1) is 6.92 Å². The molecule has 0 bridgehead atoms. The summed E-state index contributed by atoms with van der Waals surface area (Å²) in [5.41, 5.74) is 3.49. The Hall–Kier alpha value is -3.29. The third-order valence-electron chi connectivity index (χ3n) is 4.39. The van der Waals surface area contributed by atoms with Gasteiger partial charge in [0.15, 0.2) is 11.5 Å². The molecule has 2 heterocycles. The van der Waals surface area contributed by atoms with Crippen LogP contribution in [-0.4, -0.2) is 40.8 Å². The molecule has 1 aliphatic rings. The number of aryl methyl sites for hydroxylation is 2. The average Bonchev–Trinajstić information content (AvgIpc) is 3.09. The van der Waals surface area contributed by atoms with Crippen molar-refractivity contribution >= 4 is 22.8 Å². The van der Waals surface area contributed by atoms with E-state index in [0.29, 0.717) is 43.5 Å². The first-order valence-electron chi connectivity index (χ1n) is 8.94. The number of rotatable bonds is 5. The molecular weight excluding hydrogens is 346 g/mol. The van der Waals surface area contributed by atoms with Gasteiger partial charge in [-0.1, -0.05) is 17.3 Å². The molecule has 8 nitrogen and oxygen atoms in total. The maximum absolute atomic E-state index is 12.2. The molecule has 0 radical (unpaired) electrons. The van der Waals surface area contributed by atoms with Crippen LogP contribution in [0.1, 0.15) is 12.0 Å². The molecular formula is C19H21N5O3. The van der Waals surface area contributed by atoms with Gasteiger partial charge in [0.1, 0.15) is 18.7 Å². The van der Waals surface area contributed by atoms with E-state index in [1.807, 2.05) is 41.9 Å². The fraction of sp³-hybridized carbons (Fsp3) is 0.316. The number of anilines is 1. The monoisotopic (exact) mass is 367 g/mol. The lowest BCUT2D eigenvalue weighted by Gasteiger charge is -2.20. The molecule has 4 rings (SSSR count). The minimum absolute atomic E-state index is 0.252. The Morgan fingerprint density at radius 1 is 1.19 bits per heavy atom. The second-order valence-electron chi connectivity index (χ2n) is 6.35. The van der Waals surface area contributed by atoms with E-state index >= 15 is 0 Å². The Labute approximate surface area is 156 Å². The fourth-order valence-corrected chi connectivity index (χ4v) is 3.00. The predicted octanol–water partition coefficient (Wildman–Crippen LogP) is 2.72. The molecule has 3 aromatic rings. The third-order valence-corrected chi connectivity index (χ3v) is 4.39. The number of amides is 2. The number of aromatic nitrogens is 3. The first-order valence-corrected chi connectivity index (χ1v) is 8.94. The van der Waals surface area contributed by atoms with Crippen LogP contribution < -0.4 is 20.1 Å². The minimum atomic E-state index is -0.252. The number of fused-ring (bicyclic) bond motifs is 2. The first-order chi connectivity index (χ1) is 13.2. The molecule has 1 aliphatic heterocycles. The summed E-state index contributed by atoms with van der Waals surface area (Å²) in [5.74, 6) is 1.37. The smallest absolute Gasteiger partial charge is 0.319 e. The molecule has 0 atom stereocenters. The Morgan fingerprint density at radius 2 is 1.96 bits per heavy atom. The first kappa shape index (κ1) is 17.1. The van der Waals surface area contributed by atoms with Crippen molar-refractivity contribution in [2.24, 2.45) is 0 Å². The SMILES string of the molecule is Cc1cc2c(cc1NC(=O)NCCCn1nnc3ccccc31)OCCO2. The van der Waals surface area contributed by atoms with Crippen molar-refractivity contribution in [3.05, 3.63) is 42.0 Å². The van der Waals surface area contributed by atoms with Gasteiger partial charge in [-0.05, 0) is 37.1 Å². The zero-order valence-electron chi connectivity index (χ0n) is 15.1. The highest BCUT2D eigenvalue weighted by Crippen LogP contribution is 2.35. The Balaban J connectivity index is 1.29. The summed E-state index contributed by atoms with van der Waals surface area (Å²) in [5, 5.41) is 14.0. The summed E-state index contributed by atoms with van der Waals surface area (Å²) in [6.07, 6.45) is 0.751. The molecule has 2 aromatic carbocycles. The molecule has 2 N–H and O–H groups in total. The molecule has 0 saturated heterocycles. The molecule has 0 aliphatic carbocycles. The number of carbonyl (C=O) groups is 1. The van der Waals surface area contributed by atoms with Gasteiger partial charge in [-0.15, -0.1) is 5.10 Å². The highest BCUT2D eigenvalue weighted by molar-refractivity contribution is 5.90. The molecule has 27 heavy (non-hydrogen) atoms. The topological polar surface area (TPSA) is 90.3 Å². The van der Waals surface area contributed by atoms with Crippen molar-refractivity contribution in [2.75, 3.05) is 25.1 Å². The number of nitrogens with one attached hydrogen (secondary N) is 2. The van der Waals surface area contributed by atoms with Crippen LogP contribution in [0.15, 0.2) is 36.4 Å². The van der Waals surface area contributed by atoms with Crippen LogP contribution in [0.4, 0.5) is 10.5 Å². The number of urea groups is 1. The highest BCUT2D eigenvalue weighted by Gasteiger charge is 2.15. The van der Waals surface area contributed by atoms with E-state index in [0.717, 1.165) is 23.0 Å². The standard InChI is InChI=1S/C19H21N5O3/c1-13-11-17-18(27-10-9-26-17)12-15(13)21-19(25)20-7-4-8-24-16-6-3-2-5-14(16)22-23-24/h2-3,5-6,11-12H,4,7-10H2,1H3,(H2,20,21,25). The van der Waals surface area contributed by atoms with Crippen molar-refractivity contribution in [3.63, 3.8) is 0 Å². The van der Waals surface area contributed by atoms with E-state index in [-0.39, 0.29) is 6.03 Å². The lowest BCUT2D eigenvalue weighted by molar-refractivity contribution is 0.171. The van der Waals surface area contributed by atoms with Crippen molar-refractivity contribution in [1.29, 1.82) is 0 Å². The molecule has 0 fully saturated rings. The van der Waals surface area contributed by atoms with Gasteiger partial charge < -0.3 is 20.1 Å².